The SMILES string of the molecule is Cc1nc(N)ccc1-c1cc(N2CCOCC2)nc(N2CCOCC2)n1. The van der Waals surface area contributed by atoms with E-state index in [9.17, 15) is 0 Å². The Bertz CT molecular complexity index is 736. The van der Waals surface area contributed by atoms with E-state index < -0.39 is 0 Å². The van der Waals surface area contributed by atoms with Gasteiger partial charge in [-0.2, -0.15) is 4.98 Å². The Morgan fingerprint density at radius 1 is 0.885 bits per heavy atom. The average molecular weight is 356 g/mol. The molecule has 4 rings (SSSR count). The summed E-state index contributed by atoms with van der Waals surface area (Å²) in [6.45, 7) is 8.04. The van der Waals surface area contributed by atoms with Gasteiger partial charge < -0.3 is 25.0 Å². The lowest BCUT2D eigenvalue weighted by Gasteiger charge is -2.31. The third-order valence-electron chi connectivity index (χ3n) is 4.71. The third-order valence-corrected chi connectivity index (χ3v) is 4.71. The summed E-state index contributed by atoms with van der Waals surface area (Å²) in [7, 11) is 0. The fourth-order valence-electron chi connectivity index (χ4n) is 3.27. The number of anilines is 3. The maximum atomic E-state index is 5.81. The highest BCUT2D eigenvalue weighted by molar-refractivity contribution is 5.68. The Balaban J connectivity index is 1.76. The van der Waals surface area contributed by atoms with Crippen LogP contribution in [0.3, 0.4) is 0 Å². The quantitative estimate of drug-likeness (QED) is 0.875. The Morgan fingerprint density at radius 2 is 1.54 bits per heavy atom. The maximum Gasteiger partial charge on any atom is 0.228 e. The van der Waals surface area contributed by atoms with Crippen LogP contribution in [0.15, 0.2) is 18.2 Å². The van der Waals surface area contributed by atoms with Crippen LogP contribution in [-0.4, -0.2) is 67.6 Å². The topological polar surface area (TPSA) is 89.6 Å². The van der Waals surface area contributed by atoms with Gasteiger partial charge in [-0.05, 0) is 19.1 Å². The van der Waals surface area contributed by atoms with Gasteiger partial charge in [0.2, 0.25) is 5.95 Å². The van der Waals surface area contributed by atoms with Gasteiger partial charge in [0.15, 0.2) is 0 Å². The van der Waals surface area contributed by atoms with E-state index in [1.807, 2.05) is 25.1 Å². The predicted octanol–water partition coefficient (Wildman–Crippen LogP) is 1.10. The van der Waals surface area contributed by atoms with Crippen molar-refractivity contribution in [1.29, 1.82) is 0 Å². The Morgan fingerprint density at radius 3 is 2.19 bits per heavy atom. The fraction of sp³-hybridized carbons (Fsp3) is 0.500. The molecule has 0 unspecified atom stereocenters. The Labute approximate surface area is 153 Å². The molecule has 2 aliphatic rings. The van der Waals surface area contributed by atoms with Gasteiger partial charge in [0, 0.05) is 43.5 Å². The average Bonchev–Trinajstić information content (AvgIpc) is 2.69. The van der Waals surface area contributed by atoms with E-state index in [0.29, 0.717) is 32.2 Å². The maximum absolute atomic E-state index is 5.81. The van der Waals surface area contributed by atoms with Gasteiger partial charge in [-0.1, -0.05) is 0 Å². The first-order chi connectivity index (χ1) is 12.7. The van der Waals surface area contributed by atoms with E-state index in [1.54, 1.807) is 0 Å². The third kappa shape index (κ3) is 3.56. The smallest absolute Gasteiger partial charge is 0.228 e. The second-order valence-electron chi connectivity index (χ2n) is 6.48. The van der Waals surface area contributed by atoms with Crippen molar-refractivity contribution in [3.63, 3.8) is 0 Å². The number of hydrogen-bond acceptors (Lipinski definition) is 8. The van der Waals surface area contributed by atoms with Gasteiger partial charge in [-0.15, -0.1) is 0 Å². The zero-order valence-corrected chi connectivity index (χ0v) is 15.0. The van der Waals surface area contributed by atoms with E-state index in [4.69, 9.17) is 25.2 Å². The van der Waals surface area contributed by atoms with Crippen molar-refractivity contribution in [1.82, 2.24) is 15.0 Å². The van der Waals surface area contributed by atoms with Crippen molar-refractivity contribution in [2.75, 3.05) is 68.1 Å². The van der Waals surface area contributed by atoms with Crippen LogP contribution in [0.1, 0.15) is 5.69 Å². The second-order valence-corrected chi connectivity index (χ2v) is 6.48. The summed E-state index contributed by atoms with van der Waals surface area (Å²) in [6, 6.07) is 5.83. The van der Waals surface area contributed by atoms with Crippen LogP contribution in [0, 0.1) is 6.92 Å². The molecule has 2 fully saturated rings. The van der Waals surface area contributed by atoms with E-state index in [-0.39, 0.29) is 0 Å². The largest absolute Gasteiger partial charge is 0.384 e. The molecule has 8 nitrogen and oxygen atoms in total. The van der Waals surface area contributed by atoms with Crippen molar-refractivity contribution >= 4 is 17.6 Å². The normalized spacial score (nSPS) is 18.2. The molecule has 0 bridgehead atoms. The number of pyridine rings is 1. The fourth-order valence-corrected chi connectivity index (χ4v) is 3.27. The van der Waals surface area contributed by atoms with E-state index in [0.717, 1.165) is 54.9 Å². The molecule has 0 radical (unpaired) electrons. The Kier molecular flexibility index (Phi) is 4.85. The number of aryl methyl sites for hydroxylation is 1. The molecule has 0 aliphatic carbocycles. The molecule has 0 saturated carbocycles. The summed E-state index contributed by atoms with van der Waals surface area (Å²) < 4.78 is 10.9. The highest BCUT2D eigenvalue weighted by Crippen LogP contribution is 2.28. The first-order valence-corrected chi connectivity index (χ1v) is 8.99. The molecular weight excluding hydrogens is 332 g/mol. The molecule has 8 heteroatoms. The molecule has 2 saturated heterocycles. The molecule has 0 atom stereocenters. The number of nitrogen functional groups attached to an aromatic ring is 1. The molecule has 4 heterocycles. The summed E-state index contributed by atoms with van der Waals surface area (Å²) in [5, 5.41) is 0. The minimum absolute atomic E-state index is 0.516. The first-order valence-electron chi connectivity index (χ1n) is 8.99. The lowest BCUT2D eigenvalue weighted by molar-refractivity contribution is 0.121. The van der Waals surface area contributed by atoms with Crippen molar-refractivity contribution in [2.24, 2.45) is 0 Å². The van der Waals surface area contributed by atoms with Gasteiger partial charge >= 0.3 is 0 Å². The number of morpholine rings is 2. The van der Waals surface area contributed by atoms with Gasteiger partial charge in [0.25, 0.3) is 0 Å². The zero-order valence-electron chi connectivity index (χ0n) is 15.0. The second kappa shape index (κ2) is 7.43. The number of aromatic nitrogens is 3. The van der Waals surface area contributed by atoms with Crippen LogP contribution in [0.4, 0.5) is 17.6 Å². The first kappa shape index (κ1) is 17.0. The van der Waals surface area contributed by atoms with Gasteiger partial charge in [-0.25, -0.2) is 9.97 Å². The van der Waals surface area contributed by atoms with Crippen LogP contribution in [0.2, 0.25) is 0 Å². The van der Waals surface area contributed by atoms with Crippen LogP contribution in [0.5, 0.6) is 0 Å². The lowest BCUT2D eigenvalue weighted by Crippen LogP contribution is -2.39. The van der Waals surface area contributed by atoms with Crippen LogP contribution in [-0.2, 0) is 9.47 Å². The number of nitrogens with two attached hydrogens (primary N) is 1. The molecule has 2 aliphatic heterocycles. The van der Waals surface area contributed by atoms with Gasteiger partial charge in [0.05, 0.1) is 32.1 Å². The van der Waals surface area contributed by atoms with E-state index in [2.05, 4.69) is 14.8 Å². The van der Waals surface area contributed by atoms with E-state index >= 15 is 0 Å². The van der Waals surface area contributed by atoms with Crippen molar-refractivity contribution in [2.45, 2.75) is 6.92 Å². The van der Waals surface area contributed by atoms with Gasteiger partial charge in [0.1, 0.15) is 11.6 Å². The molecular formula is C18H24N6O2. The number of hydrogen-bond donors (Lipinski definition) is 1. The summed E-state index contributed by atoms with van der Waals surface area (Å²) in [4.78, 5) is 18.5. The highest BCUT2D eigenvalue weighted by Gasteiger charge is 2.20. The van der Waals surface area contributed by atoms with E-state index in [1.165, 1.54) is 0 Å². The Hall–Kier alpha value is -2.45. The van der Waals surface area contributed by atoms with Crippen LogP contribution in [0.25, 0.3) is 11.3 Å². The summed E-state index contributed by atoms with van der Waals surface area (Å²) in [5.74, 6) is 2.18. The van der Waals surface area contributed by atoms with Crippen molar-refractivity contribution < 1.29 is 9.47 Å². The van der Waals surface area contributed by atoms with Crippen LogP contribution < -0.4 is 15.5 Å². The zero-order chi connectivity index (χ0) is 17.9. The molecule has 2 aromatic heterocycles. The predicted molar refractivity (Wildman–Crippen MR) is 100 cm³/mol. The minimum Gasteiger partial charge on any atom is -0.384 e. The number of rotatable bonds is 3. The molecule has 0 amide bonds. The molecule has 0 aromatic carbocycles. The number of ether oxygens (including phenoxy) is 2. The molecule has 26 heavy (non-hydrogen) atoms. The summed E-state index contributed by atoms with van der Waals surface area (Å²) in [6.07, 6.45) is 0. The standard InChI is InChI=1S/C18H24N6O2/c1-13-14(2-3-16(19)20-13)15-12-17(23-4-8-25-9-5-23)22-18(21-15)24-6-10-26-11-7-24/h2-3,12H,4-11H2,1H3,(H2,19,20). The molecule has 2 N–H and O–H groups in total. The van der Waals surface area contributed by atoms with Crippen molar-refractivity contribution in [3.8, 4) is 11.3 Å². The lowest BCUT2D eigenvalue weighted by atomic mass is 10.1. The highest BCUT2D eigenvalue weighted by atomic mass is 16.5. The van der Waals surface area contributed by atoms with Gasteiger partial charge in [-0.3, -0.25) is 0 Å². The molecule has 2 aromatic rings. The minimum atomic E-state index is 0.516. The molecule has 138 valence electrons. The van der Waals surface area contributed by atoms with Crippen LogP contribution >= 0.6 is 0 Å². The van der Waals surface area contributed by atoms with Crippen molar-refractivity contribution in [3.05, 3.63) is 23.9 Å². The summed E-state index contributed by atoms with van der Waals surface area (Å²) in [5.41, 5.74) is 8.52. The monoisotopic (exact) mass is 356 g/mol. The molecule has 0 spiro atoms. The number of nitrogens with zero attached hydrogens (tertiary/aromatic N) is 5. The summed E-state index contributed by atoms with van der Waals surface area (Å²) >= 11 is 0.